The van der Waals surface area contributed by atoms with Crippen LogP contribution in [0.4, 0.5) is 17.1 Å². The van der Waals surface area contributed by atoms with Crippen LogP contribution in [0.15, 0.2) is 66.7 Å². The Kier molecular flexibility index (Phi) is 6.12. The lowest BCUT2D eigenvalue weighted by molar-refractivity contribution is 0.453. The van der Waals surface area contributed by atoms with E-state index in [1.54, 1.807) is 24.3 Å². The number of anilines is 3. The maximum atomic E-state index is 10.2. The first-order valence-electron chi connectivity index (χ1n) is 11.1. The highest BCUT2D eigenvalue weighted by Crippen LogP contribution is 2.43. The van der Waals surface area contributed by atoms with E-state index in [0.29, 0.717) is 11.5 Å². The van der Waals surface area contributed by atoms with Gasteiger partial charge in [-0.05, 0) is 105 Å². The molecule has 4 rings (SSSR count). The summed E-state index contributed by atoms with van der Waals surface area (Å²) in [7, 11) is 0. The molecule has 0 saturated carbocycles. The first-order chi connectivity index (χ1) is 16.1. The largest absolute Gasteiger partial charge is 0.508 e. The zero-order chi connectivity index (χ0) is 24.6. The lowest BCUT2D eigenvalue weighted by Crippen LogP contribution is -2.13. The summed E-state index contributed by atoms with van der Waals surface area (Å²) in [5.41, 5.74) is 6.94. The molecule has 0 aliphatic heterocycles. The molecule has 0 aliphatic rings. The second-order valence-corrected chi connectivity index (χ2v) is 8.73. The SMILES string of the molecule is Cc1cc(N(c2cccc(Oc3cc(O)ccc3C)c2)c2cc(C)c(O)cc2C)c(C)cc1O. The van der Waals surface area contributed by atoms with Gasteiger partial charge in [-0.25, -0.2) is 0 Å². The van der Waals surface area contributed by atoms with Gasteiger partial charge in [0, 0.05) is 29.2 Å². The predicted molar refractivity (Wildman–Crippen MR) is 136 cm³/mol. The molecule has 0 unspecified atom stereocenters. The van der Waals surface area contributed by atoms with Crippen LogP contribution in [0.3, 0.4) is 0 Å². The van der Waals surface area contributed by atoms with Crippen molar-refractivity contribution in [3.8, 4) is 28.7 Å². The number of benzene rings is 4. The average Bonchev–Trinajstić information content (AvgIpc) is 2.78. The molecule has 0 atom stereocenters. The van der Waals surface area contributed by atoms with Crippen molar-refractivity contribution in [2.45, 2.75) is 34.6 Å². The maximum Gasteiger partial charge on any atom is 0.134 e. The second-order valence-electron chi connectivity index (χ2n) is 8.73. The summed E-state index contributed by atoms with van der Waals surface area (Å²) in [6.45, 7) is 9.59. The van der Waals surface area contributed by atoms with Crippen LogP contribution in [0.2, 0.25) is 0 Å². The Bertz CT molecular complexity index is 1320. The highest BCUT2D eigenvalue weighted by Gasteiger charge is 2.20. The fourth-order valence-electron chi connectivity index (χ4n) is 3.97. The van der Waals surface area contributed by atoms with Gasteiger partial charge in [-0.3, -0.25) is 0 Å². The number of nitrogens with zero attached hydrogens (tertiary/aromatic N) is 1. The number of phenols is 3. The standard InChI is InChI=1S/C29H29NO4/c1-17-9-10-23(31)16-29(17)34-24-8-6-7-22(15-24)30(25-11-20(4)27(32)13-18(25)2)26-12-21(5)28(33)14-19(26)3/h6-16,31-33H,1-5H3. The first-order valence-corrected chi connectivity index (χ1v) is 11.1. The quantitative estimate of drug-likeness (QED) is 0.289. The van der Waals surface area contributed by atoms with Crippen LogP contribution in [0.5, 0.6) is 28.7 Å². The van der Waals surface area contributed by atoms with E-state index in [1.165, 1.54) is 0 Å². The van der Waals surface area contributed by atoms with Gasteiger partial charge in [0.15, 0.2) is 0 Å². The third kappa shape index (κ3) is 4.50. The van der Waals surface area contributed by atoms with Crippen LogP contribution in [-0.4, -0.2) is 15.3 Å². The molecule has 0 spiro atoms. The number of ether oxygens (including phenoxy) is 1. The number of phenolic OH excluding ortho intramolecular Hbond substituents is 3. The van der Waals surface area contributed by atoms with Crippen LogP contribution >= 0.6 is 0 Å². The minimum Gasteiger partial charge on any atom is -0.508 e. The fourth-order valence-corrected chi connectivity index (χ4v) is 3.97. The van der Waals surface area contributed by atoms with Gasteiger partial charge in [-0.15, -0.1) is 0 Å². The van der Waals surface area contributed by atoms with Gasteiger partial charge in [0.1, 0.15) is 28.7 Å². The summed E-state index contributed by atoms with van der Waals surface area (Å²) in [6.07, 6.45) is 0. The second kappa shape index (κ2) is 9.02. The van der Waals surface area contributed by atoms with Crippen molar-refractivity contribution in [2.24, 2.45) is 0 Å². The van der Waals surface area contributed by atoms with Crippen molar-refractivity contribution in [1.29, 1.82) is 0 Å². The smallest absolute Gasteiger partial charge is 0.134 e. The zero-order valence-corrected chi connectivity index (χ0v) is 20.0. The van der Waals surface area contributed by atoms with Crippen LogP contribution < -0.4 is 9.64 Å². The molecule has 0 fully saturated rings. The van der Waals surface area contributed by atoms with Crippen LogP contribution in [0.25, 0.3) is 0 Å². The third-order valence-corrected chi connectivity index (χ3v) is 5.99. The van der Waals surface area contributed by atoms with Crippen molar-refractivity contribution < 1.29 is 20.1 Å². The Morgan fingerprint density at radius 2 is 1.18 bits per heavy atom. The Labute approximate surface area is 200 Å². The molecule has 0 aliphatic carbocycles. The fraction of sp³-hybridized carbons (Fsp3) is 0.172. The van der Waals surface area contributed by atoms with Gasteiger partial charge in [-0.2, -0.15) is 0 Å². The maximum absolute atomic E-state index is 10.2. The predicted octanol–water partition coefficient (Wildman–Crippen LogP) is 7.61. The molecule has 5 nitrogen and oxygen atoms in total. The van der Waals surface area contributed by atoms with E-state index in [0.717, 1.165) is 44.9 Å². The van der Waals surface area contributed by atoms with E-state index >= 15 is 0 Å². The molecular formula is C29H29NO4. The van der Waals surface area contributed by atoms with E-state index < -0.39 is 0 Å². The minimum atomic E-state index is 0.142. The summed E-state index contributed by atoms with van der Waals surface area (Å²) in [5.74, 6) is 1.84. The molecule has 5 heteroatoms. The minimum absolute atomic E-state index is 0.142. The summed E-state index contributed by atoms with van der Waals surface area (Å²) >= 11 is 0. The molecule has 0 aromatic heterocycles. The van der Waals surface area contributed by atoms with E-state index in [9.17, 15) is 15.3 Å². The van der Waals surface area contributed by atoms with E-state index in [2.05, 4.69) is 4.90 Å². The van der Waals surface area contributed by atoms with Crippen molar-refractivity contribution in [2.75, 3.05) is 4.90 Å². The number of rotatable bonds is 5. The first kappa shape index (κ1) is 23.1. The van der Waals surface area contributed by atoms with E-state index in [4.69, 9.17) is 4.74 Å². The zero-order valence-electron chi connectivity index (χ0n) is 20.0. The molecule has 174 valence electrons. The van der Waals surface area contributed by atoms with Gasteiger partial charge in [0.05, 0.1) is 0 Å². The van der Waals surface area contributed by atoms with Gasteiger partial charge in [-0.1, -0.05) is 12.1 Å². The molecule has 0 bridgehead atoms. The number of aryl methyl sites for hydroxylation is 5. The Hall–Kier alpha value is -4.12. The normalized spacial score (nSPS) is 10.9. The summed E-state index contributed by atoms with van der Waals surface area (Å²) in [4.78, 5) is 2.10. The van der Waals surface area contributed by atoms with Gasteiger partial charge >= 0.3 is 0 Å². The lowest BCUT2D eigenvalue weighted by atomic mass is 10.0. The molecule has 3 N–H and O–H groups in total. The van der Waals surface area contributed by atoms with Crippen LogP contribution in [-0.2, 0) is 0 Å². The molecule has 4 aromatic rings. The van der Waals surface area contributed by atoms with Gasteiger partial charge in [0.25, 0.3) is 0 Å². The molecule has 0 radical (unpaired) electrons. The lowest BCUT2D eigenvalue weighted by Gasteiger charge is -2.30. The molecule has 4 aromatic carbocycles. The van der Waals surface area contributed by atoms with Gasteiger partial charge < -0.3 is 25.0 Å². The third-order valence-electron chi connectivity index (χ3n) is 5.99. The molecule has 0 heterocycles. The highest BCUT2D eigenvalue weighted by atomic mass is 16.5. The Morgan fingerprint density at radius 3 is 1.76 bits per heavy atom. The van der Waals surface area contributed by atoms with Crippen molar-refractivity contribution >= 4 is 17.1 Å². The Balaban J connectivity index is 1.88. The number of aromatic hydroxyl groups is 3. The number of hydrogen-bond donors (Lipinski definition) is 3. The Morgan fingerprint density at radius 1 is 0.588 bits per heavy atom. The van der Waals surface area contributed by atoms with Crippen LogP contribution in [0, 0.1) is 34.6 Å². The van der Waals surface area contributed by atoms with Crippen molar-refractivity contribution in [1.82, 2.24) is 0 Å². The summed E-state index contributed by atoms with van der Waals surface area (Å²) < 4.78 is 6.13. The molecule has 34 heavy (non-hydrogen) atoms. The van der Waals surface area contributed by atoms with Crippen molar-refractivity contribution in [3.05, 3.63) is 94.5 Å². The summed E-state index contributed by atoms with van der Waals surface area (Å²) in [5, 5.41) is 30.4. The van der Waals surface area contributed by atoms with E-state index in [-0.39, 0.29) is 17.2 Å². The molecular weight excluding hydrogens is 426 g/mol. The number of hydrogen-bond acceptors (Lipinski definition) is 5. The topological polar surface area (TPSA) is 73.2 Å². The monoisotopic (exact) mass is 455 g/mol. The highest BCUT2D eigenvalue weighted by molar-refractivity contribution is 5.82. The van der Waals surface area contributed by atoms with Crippen LogP contribution in [0.1, 0.15) is 27.8 Å². The van der Waals surface area contributed by atoms with E-state index in [1.807, 2.05) is 77.1 Å². The summed E-state index contributed by atoms with van der Waals surface area (Å²) in [6, 6.07) is 20.2. The van der Waals surface area contributed by atoms with Gasteiger partial charge in [0.2, 0.25) is 0 Å². The molecule has 0 saturated heterocycles. The average molecular weight is 456 g/mol. The molecule has 0 amide bonds. The van der Waals surface area contributed by atoms with Crippen molar-refractivity contribution in [3.63, 3.8) is 0 Å².